The number of nitrogens with one attached hydrogen (secondary N) is 2. The summed E-state index contributed by atoms with van der Waals surface area (Å²) in [7, 11) is 0. The second kappa shape index (κ2) is 8.96. The lowest BCUT2D eigenvalue weighted by Gasteiger charge is -2.12. The molecular formula is C18H15FN4O4. The monoisotopic (exact) mass is 370 g/mol. The smallest absolute Gasteiger partial charge is 0.350 e. The first-order chi connectivity index (χ1) is 12.9. The summed E-state index contributed by atoms with van der Waals surface area (Å²) in [6, 6.07) is 11.2. The molecule has 0 aliphatic rings. The highest BCUT2D eigenvalue weighted by Gasteiger charge is 2.13. The van der Waals surface area contributed by atoms with E-state index >= 15 is 0 Å². The Labute approximate surface area is 154 Å². The fourth-order valence-corrected chi connectivity index (χ4v) is 2.06. The maximum absolute atomic E-state index is 13.0. The lowest BCUT2D eigenvalue weighted by Crippen LogP contribution is -2.08. The number of hydrogen-bond donors (Lipinski definition) is 2. The van der Waals surface area contributed by atoms with E-state index in [2.05, 4.69) is 10.6 Å². The van der Waals surface area contributed by atoms with Gasteiger partial charge in [0.1, 0.15) is 11.9 Å². The van der Waals surface area contributed by atoms with Gasteiger partial charge in [0.05, 0.1) is 22.9 Å². The molecule has 8 nitrogen and oxygen atoms in total. The fraction of sp³-hybridized carbons (Fsp3) is 0.111. The number of carbonyl (C=O) groups excluding carboxylic acids is 1. The van der Waals surface area contributed by atoms with Crippen LogP contribution in [0.5, 0.6) is 0 Å². The number of nitro benzene ring substituents is 1. The molecule has 2 rings (SSSR count). The first kappa shape index (κ1) is 19.4. The lowest BCUT2D eigenvalue weighted by atomic mass is 10.2. The molecule has 0 radical (unpaired) electrons. The van der Waals surface area contributed by atoms with Gasteiger partial charge in [-0.3, -0.25) is 10.1 Å². The molecule has 9 heteroatoms. The standard InChI is InChI=1S/C18H15FN4O4/c1-2-27-18(24)12(10-20)11-21-17-9-15(23(25)26)7-8-16(17)22-14-5-3-13(19)4-6-14/h3-9,11,21-22H,2H2,1H3/b12-11+. The molecule has 0 saturated heterocycles. The highest BCUT2D eigenvalue weighted by Crippen LogP contribution is 2.30. The van der Waals surface area contributed by atoms with Crippen LogP contribution in [0.15, 0.2) is 54.2 Å². The summed E-state index contributed by atoms with van der Waals surface area (Å²) in [6.07, 6.45) is 1.10. The van der Waals surface area contributed by atoms with Crippen molar-refractivity contribution in [3.8, 4) is 6.07 Å². The number of ether oxygens (including phenoxy) is 1. The molecule has 0 spiro atoms. The predicted octanol–water partition coefficient (Wildman–Crippen LogP) is 3.86. The van der Waals surface area contributed by atoms with Crippen LogP contribution >= 0.6 is 0 Å². The van der Waals surface area contributed by atoms with E-state index in [1.165, 1.54) is 42.5 Å². The molecule has 0 aliphatic carbocycles. The van der Waals surface area contributed by atoms with Crippen LogP contribution in [0.1, 0.15) is 6.92 Å². The van der Waals surface area contributed by atoms with Gasteiger partial charge in [0.15, 0.2) is 5.57 Å². The molecule has 2 aromatic carbocycles. The van der Waals surface area contributed by atoms with E-state index in [0.29, 0.717) is 11.4 Å². The zero-order chi connectivity index (χ0) is 19.8. The summed E-state index contributed by atoms with van der Waals surface area (Å²) >= 11 is 0. The van der Waals surface area contributed by atoms with E-state index in [-0.39, 0.29) is 23.6 Å². The fourth-order valence-electron chi connectivity index (χ4n) is 2.06. The van der Waals surface area contributed by atoms with Crippen molar-refractivity contribution in [3.63, 3.8) is 0 Å². The third-order valence-corrected chi connectivity index (χ3v) is 3.33. The topological polar surface area (TPSA) is 117 Å². The maximum atomic E-state index is 13.0. The number of esters is 1. The number of hydrogen-bond acceptors (Lipinski definition) is 7. The molecule has 0 aliphatic heterocycles. The van der Waals surface area contributed by atoms with Gasteiger partial charge in [0, 0.05) is 24.0 Å². The second-order valence-electron chi connectivity index (χ2n) is 5.15. The van der Waals surface area contributed by atoms with Gasteiger partial charge in [0.2, 0.25) is 0 Å². The molecule has 0 heterocycles. The van der Waals surface area contributed by atoms with Crippen LogP contribution in [0.2, 0.25) is 0 Å². The molecular weight excluding hydrogens is 355 g/mol. The van der Waals surface area contributed by atoms with Crippen molar-refractivity contribution < 1.29 is 18.8 Å². The number of non-ortho nitro benzene ring substituents is 1. The third-order valence-electron chi connectivity index (χ3n) is 3.33. The molecule has 0 fully saturated rings. The number of benzene rings is 2. The molecule has 2 N–H and O–H groups in total. The summed E-state index contributed by atoms with van der Waals surface area (Å²) in [6.45, 7) is 1.71. The van der Waals surface area contributed by atoms with E-state index in [0.717, 1.165) is 6.20 Å². The van der Waals surface area contributed by atoms with Crippen molar-refractivity contribution >= 4 is 28.7 Å². The summed E-state index contributed by atoms with van der Waals surface area (Å²) in [5, 5.41) is 25.8. The molecule has 138 valence electrons. The average Bonchev–Trinajstić information content (AvgIpc) is 2.65. The van der Waals surface area contributed by atoms with Crippen molar-refractivity contribution in [1.82, 2.24) is 0 Å². The van der Waals surface area contributed by atoms with E-state index < -0.39 is 16.7 Å². The SMILES string of the molecule is CCOC(=O)/C(C#N)=C/Nc1cc([N+](=O)[O-])ccc1Nc1ccc(F)cc1. The van der Waals surface area contributed by atoms with Gasteiger partial charge in [-0.05, 0) is 37.3 Å². The summed E-state index contributed by atoms with van der Waals surface area (Å²) in [5.74, 6) is -1.22. The second-order valence-corrected chi connectivity index (χ2v) is 5.15. The van der Waals surface area contributed by atoms with Crippen LogP contribution in [0.4, 0.5) is 27.1 Å². The van der Waals surface area contributed by atoms with Gasteiger partial charge in [-0.15, -0.1) is 0 Å². The zero-order valence-electron chi connectivity index (χ0n) is 14.2. The van der Waals surface area contributed by atoms with Crippen molar-refractivity contribution in [3.05, 3.63) is 70.2 Å². The molecule has 0 unspecified atom stereocenters. The van der Waals surface area contributed by atoms with Gasteiger partial charge in [-0.1, -0.05) is 0 Å². The molecule has 0 aromatic heterocycles. The predicted molar refractivity (Wildman–Crippen MR) is 96.7 cm³/mol. The van der Waals surface area contributed by atoms with Gasteiger partial charge >= 0.3 is 5.97 Å². The summed E-state index contributed by atoms with van der Waals surface area (Å²) in [5.41, 5.74) is 0.722. The number of halogens is 1. The molecule has 0 saturated carbocycles. The number of nitrogens with zero attached hydrogens (tertiary/aromatic N) is 2. The number of nitriles is 1. The van der Waals surface area contributed by atoms with E-state index in [1.54, 1.807) is 13.0 Å². The van der Waals surface area contributed by atoms with Crippen LogP contribution in [-0.2, 0) is 9.53 Å². The number of anilines is 3. The van der Waals surface area contributed by atoms with Gasteiger partial charge in [-0.2, -0.15) is 5.26 Å². The summed E-state index contributed by atoms with van der Waals surface area (Å²) < 4.78 is 17.8. The van der Waals surface area contributed by atoms with Crippen molar-refractivity contribution in [2.24, 2.45) is 0 Å². The first-order valence-corrected chi connectivity index (χ1v) is 7.79. The van der Waals surface area contributed by atoms with Gasteiger partial charge in [-0.25, -0.2) is 9.18 Å². The highest BCUT2D eigenvalue weighted by molar-refractivity contribution is 5.93. The number of rotatable bonds is 7. The van der Waals surface area contributed by atoms with Crippen molar-refractivity contribution in [2.45, 2.75) is 6.92 Å². The Bertz CT molecular complexity index is 920. The molecule has 27 heavy (non-hydrogen) atoms. The zero-order valence-corrected chi connectivity index (χ0v) is 14.2. The van der Waals surface area contributed by atoms with E-state index in [4.69, 9.17) is 10.00 Å². The number of nitro groups is 1. The van der Waals surface area contributed by atoms with E-state index in [9.17, 15) is 19.3 Å². The Morgan fingerprint density at radius 2 is 2.00 bits per heavy atom. The lowest BCUT2D eigenvalue weighted by molar-refractivity contribution is -0.384. The van der Waals surface area contributed by atoms with Crippen LogP contribution in [0.25, 0.3) is 0 Å². The molecule has 2 aromatic rings. The minimum absolute atomic E-state index is 0.103. The summed E-state index contributed by atoms with van der Waals surface area (Å²) in [4.78, 5) is 22.1. The maximum Gasteiger partial charge on any atom is 0.350 e. The average molecular weight is 370 g/mol. The van der Waals surface area contributed by atoms with Crippen LogP contribution < -0.4 is 10.6 Å². The molecule has 0 amide bonds. The highest BCUT2D eigenvalue weighted by atomic mass is 19.1. The molecule has 0 bridgehead atoms. The molecule has 0 atom stereocenters. The van der Waals surface area contributed by atoms with Crippen LogP contribution in [0.3, 0.4) is 0 Å². The Hall–Kier alpha value is -3.93. The van der Waals surface area contributed by atoms with E-state index in [1.807, 2.05) is 0 Å². The van der Waals surface area contributed by atoms with Crippen LogP contribution in [0, 0.1) is 27.3 Å². The Balaban J connectivity index is 2.35. The Morgan fingerprint density at radius 3 is 2.59 bits per heavy atom. The minimum Gasteiger partial charge on any atom is -0.462 e. The number of carbonyl (C=O) groups is 1. The van der Waals surface area contributed by atoms with Crippen molar-refractivity contribution in [2.75, 3.05) is 17.2 Å². The van der Waals surface area contributed by atoms with Crippen molar-refractivity contribution in [1.29, 1.82) is 5.26 Å². The first-order valence-electron chi connectivity index (χ1n) is 7.79. The minimum atomic E-state index is -0.814. The quantitative estimate of drug-likeness (QED) is 0.250. The third kappa shape index (κ3) is 5.27. The Morgan fingerprint density at radius 1 is 1.30 bits per heavy atom. The van der Waals surface area contributed by atoms with Gasteiger partial charge < -0.3 is 15.4 Å². The van der Waals surface area contributed by atoms with Gasteiger partial charge in [0.25, 0.3) is 5.69 Å². The van der Waals surface area contributed by atoms with Crippen LogP contribution in [-0.4, -0.2) is 17.5 Å². The normalized spacial score (nSPS) is 10.6. The largest absolute Gasteiger partial charge is 0.462 e. The Kier molecular flexibility index (Phi) is 6.44.